The van der Waals surface area contributed by atoms with E-state index in [9.17, 15) is 9.59 Å². The van der Waals surface area contributed by atoms with Gasteiger partial charge in [-0.25, -0.2) is 0 Å². The Labute approximate surface area is 150 Å². The predicted octanol–water partition coefficient (Wildman–Crippen LogP) is 2.82. The van der Waals surface area contributed by atoms with Crippen LogP contribution in [0.25, 0.3) is 0 Å². The van der Waals surface area contributed by atoms with Crippen LogP contribution < -0.4 is 0 Å². The van der Waals surface area contributed by atoms with Gasteiger partial charge >= 0.3 is 5.97 Å². The SMILES string of the molecule is Cc1cccc(C(=O)N2CCCN(CCCCC(=O)O)CC2)c1.Cl. The topological polar surface area (TPSA) is 60.9 Å². The summed E-state index contributed by atoms with van der Waals surface area (Å²) in [6.07, 6.45) is 2.83. The van der Waals surface area contributed by atoms with Crippen LogP contribution >= 0.6 is 12.4 Å². The number of carbonyl (C=O) groups excluding carboxylic acids is 1. The summed E-state index contributed by atoms with van der Waals surface area (Å²) in [5.74, 6) is -0.614. The van der Waals surface area contributed by atoms with Gasteiger partial charge < -0.3 is 14.9 Å². The lowest BCUT2D eigenvalue weighted by Gasteiger charge is -2.22. The van der Waals surface area contributed by atoms with Crippen LogP contribution in [0.3, 0.4) is 0 Å². The van der Waals surface area contributed by atoms with Crippen LogP contribution in [0.1, 0.15) is 41.6 Å². The molecule has 5 nitrogen and oxygen atoms in total. The minimum atomic E-state index is -0.726. The molecule has 1 amide bonds. The number of carboxylic acid groups (broad SMARTS) is 1. The number of aryl methyl sites for hydroxylation is 1. The molecular weight excluding hydrogens is 328 g/mol. The Hall–Kier alpha value is -1.59. The first-order valence-electron chi connectivity index (χ1n) is 8.36. The molecule has 0 saturated carbocycles. The molecule has 1 aliphatic heterocycles. The van der Waals surface area contributed by atoms with E-state index in [0.29, 0.717) is 0 Å². The molecule has 0 atom stereocenters. The molecule has 6 heteroatoms. The lowest BCUT2D eigenvalue weighted by atomic mass is 10.1. The molecule has 1 heterocycles. The third-order valence-corrected chi connectivity index (χ3v) is 4.26. The Bertz CT molecular complexity index is 551. The van der Waals surface area contributed by atoms with Crippen molar-refractivity contribution in [1.29, 1.82) is 0 Å². The van der Waals surface area contributed by atoms with E-state index in [2.05, 4.69) is 4.90 Å². The number of carbonyl (C=O) groups is 2. The summed E-state index contributed by atoms with van der Waals surface area (Å²) >= 11 is 0. The summed E-state index contributed by atoms with van der Waals surface area (Å²) in [4.78, 5) is 27.4. The van der Waals surface area contributed by atoms with E-state index in [0.717, 1.165) is 63.1 Å². The van der Waals surface area contributed by atoms with Crippen LogP contribution in [0.5, 0.6) is 0 Å². The molecule has 1 fully saturated rings. The van der Waals surface area contributed by atoms with Crippen LogP contribution in [-0.2, 0) is 4.79 Å². The number of amides is 1. The van der Waals surface area contributed by atoms with Crippen molar-refractivity contribution in [3.05, 3.63) is 35.4 Å². The Kier molecular flexibility index (Phi) is 8.79. The fraction of sp³-hybridized carbons (Fsp3) is 0.556. The van der Waals surface area contributed by atoms with Crippen molar-refractivity contribution >= 4 is 24.3 Å². The minimum Gasteiger partial charge on any atom is -0.481 e. The average Bonchev–Trinajstić information content (AvgIpc) is 2.76. The number of hydrogen-bond acceptors (Lipinski definition) is 3. The lowest BCUT2D eigenvalue weighted by molar-refractivity contribution is -0.137. The smallest absolute Gasteiger partial charge is 0.303 e. The summed E-state index contributed by atoms with van der Waals surface area (Å²) in [6, 6.07) is 7.74. The third kappa shape index (κ3) is 6.49. The molecular formula is C18H27ClN2O3. The molecule has 0 aromatic heterocycles. The van der Waals surface area contributed by atoms with Crippen LogP contribution in [0.4, 0.5) is 0 Å². The number of benzene rings is 1. The van der Waals surface area contributed by atoms with Gasteiger partial charge in [-0.05, 0) is 51.4 Å². The largest absolute Gasteiger partial charge is 0.481 e. The second-order valence-corrected chi connectivity index (χ2v) is 6.21. The second kappa shape index (κ2) is 10.3. The summed E-state index contributed by atoms with van der Waals surface area (Å²) in [7, 11) is 0. The number of aliphatic carboxylic acids is 1. The monoisotopic (exact) mass is 354 g/mol. The molecule has 1 aromatic carbocycles. The van der Waals surface area contributed by atoms with Gasteiger partial charge in [-0.1, -0.05) is 17.7 Å². The first kappa shape index (κ1) is 20.5. The zero-order valence-corrected chi connectivity index (χ0v) is 15.1. The highest BCUT2D eigenvalue weighted by Gasteiger charge is 2.20. The maximum absolute atomic E-state index is 12.6. The molecule has 1 N–H and O–H groups in total. The van der Waals surface area contributed by atoms with Crippen molar-refractivity contribution in [2.45, 2.75) is 32.6 Å². The van der Waals surface area contributed by atoms with Gasteiger partial charge in [-0.3, -0.25) is 9.59 Å². The van der Waals surface area contributed by atoms with E-state index in [1.165, 1.54) is 0 Å². The number of hydrogen-bond donors (Lipinski definition) is 1. The zero-order valence-electron chi connectivity index (χ0n) is 14.2. The molecule has 0 spiro atoms. The fourth-order valence-electron chi connectivity index (χ4n) is 2.97. The highest BCUT2D eigenvalue weighted by atomic mass is 35.5. The van der Waals surface area contributed by atoms with E-state index < -0.39 is 5.97 Å². The van der Waals surface area contributed by atoms with Gasteiger partial charge in [-0.2, -0.15) is 0 Å². The number of nitrogens with zero attached hydrogens (tertiary/aromatic N) is 2. The molecule has 1 aliphatic rings. The molecule has 134 valence electrons. The standard InChI is InChI=1S/C18H26N2O3.ClH/c1-15-6-4-7-16(14-15)18(23)20-11-5-10-19(12-13-20)9-3-2-8-17(21)22;/h4,6-7,14H,2-3,5,8-13H2,1H3,(H,21,22);1H. The van der Waals surface area contributed by atoms with Crippen molar-refractivity contribution in [2.75, 3.05) is 32.7 Å². The summed E-state index contributed by atoms with van der Waals surface area (Å²) in [5, 5.41) is 8.66. The Morgan fingerprint density at radius 3 is 2.62 bits per heavy atom. The molecule has 2 rings (SSSR count). The molecule has 24 heavy (non-hydrogen) atoms. The van der Waals surface area contributed by atoms with Gasteiger partial charge in [0.1, 0.15) is 0 Å². The van der Waals surface area contributed by atoms with E-state index in [1.807, 2.05) is 36.1 Å². The third-order valence-electron chi connectivity index (χ3n) is 4.26. The highest BCUT2D eigenvalue weighted by Crippen LogP contribution is 2.11. The van der Waals surface area contributed by atoms with Crippen LogP contribution in [-0.4, -0.2) is 59.5 Å². The fourth-order valence-corrected chi connectivity index (χ4v) is 2.97. The number of unbranched alkanes of at least 4 members (excludes halogenated alkanes) is 1. The van der Waals surface area contributed by atoms with E-state index in [4.69, 9.17) is 5.11 Å². The Morgan fingerprint density at radius 1 is 1.12 bits per heavy atom. The normalized spacial score (nSPS) is 15.5. The maximum Gasteiger partial charge on any atom is 0.303 e. The van der Waals surface area contributed by atoms with Gasteiger partial charge in [0.2, 0.25) is 0 Å². The molecule has 0 bridgehead atoms. The summed E-state index contributed by atoms with van der Waals surface area (Å²) < 4.78 is 0. The predicted molar refractivity (Wildman–Crippen MR) is 96.9 cm³/mol. The molecule has 1 aromatic rings. The zero-order chi connectivity index (χ0) is 16.7. The second-order valence-electron chi connectivity index (χ2n) is 6.21. The number of rotatable bonds is 6. The van der Waals surface area contributed by atoms with Crippen LogP contribution in [0.2, 0.25) is 0 Å². The molecule has 0 unspecified atom stereocenters. The van der Waals surface area contributed by atoms with Crippen LogP contribution in [0.15, 0.2) is 24.3 Å². The van der Waals surface area contributed by atoms with E-state index in [-0.39, 0.29) is 24.7 Å². The first-order chi connectivity index (χ1) is 11.1. The summed E-state index contributed by atoms with van der Waals surface area (Å²) in [6.45, 7) is 6.29. The van der Waals surface area contributed by atoms with Gasteiger partial charge in [0.05, 0.1) is 0 Å². The van der Waals surface area contributed by atoms with Crippen molar-refractivity contribution in [1.82, 2.24) is 9.80 Å². The van der Waals surface area contributed by atoms with Crippen LogP contribution in [0, 0.1) is 6.92 Å². The lowest BCUT2D eigenvalue weighted by Crippen LogP contribution is -2.35. The van der Waals surface area contributed by atoms with Gasteiger partial charge in [0, 0.05) is 31.6 Å². The minimum absolute atomic E-state index is 0. The van der Waals surface area contributed by atoms with Gasteiger partial charge in [-0.15, -0.1) is 12.4 Å². The van der Waals surface area contributed by atoms with E-state index >= 15 is 0 Å². The molecule has 1 saturated heterocycles. The number of carboxylic acids is 1. The summed E-state index contributed by atoms with van der Waals surface area (Å²) in [5.41, 5.74) is 1.87. The number of halogens is 1. The Balaban J connectivity index is 0.00000288. The maximum atomic E-state index is 12.6. The van der Waals surface area contributed by atoms with Gasteiger partial charge in [0.15, 0.2) is 0 Å². The van der Waals surface area contributed by atoms with Crippen molar-refractivity contribution in [3.63, 3.8) is 0 Å². The quantitative estimate of drug-likeness (QED) is 0.798. The molecule has 0 radical (unpaired) electrons. The Morgan fingerprint density at radius 2 is 1.92 bits per heavy atom. The van der Waals surface area contributed by atoms with Crippen molar-refractivity contribution in [2.24, 2.45) is 0 Å². The highest BCUT2D eigenvalue weighted by molar-refractivity contribution is 5.94. The van der Waals surface area contributed by atoms with Gasteiger partial charge in [0.25, 0.3) is 5.91 Å². The van der Waals surface area contributed by atoms with Crippen molar-refractivity contribution < 1.29 is 14.7 Å². The molecule has 0 aliphatic carbocycles. The van der Waals surface area contributed by atoms with Crippen molar-refractivity contribution in [3.8, 4) is 0 Å². The average molecular weight is 355 g/mol. The first-order valence-corrected chi connectivity index (χ1v) is 8.36. The van der Waals surface area contributed by atoms with E-state index in [1.54, 1.807) is 0 Å².